The van der Waals surface area contributed by atoms with Gasteiger partial charge in [0, 0.05) is 31.4 Å². The lowest BCUT2D eigenvalue weighted by molar-refractivity contribution is 0.0578. The first-order valence-electron chi connectivity index (χ1n) is 6.45. The second-order valence-corrected chi connectivity index (χ2v) is 4.74. The number of hydrogen-bond acceptors (Lipinski definition) is 5. The van der Waals surface area contributed by atoms with Gasteiger partial charge in [-0.05, 0) is 18.8 Å². The molecule has 0 amide bonds. The van der Waals surface area contributed by atoms with Gasteiger partial charge >= 0.3 is 0 Å². The monoisotopic (exact) mass is 267 g/mol. The molecule has 1 heterocycles. The molecule has 0 unspecified atom stereocenters. The second kappa shape index (κ2) is 6.12. The van der Waals surface area contributed by atoms with Crippen molar-refractivity contribution in [2.24, 2.45) is 11.7 Å². The zero-order valence-electron chi connectivity index (χ0n) is 11.4. The number of methoxy groups -OCH3 is 2. The molecule has 2 rings (SSSR count). The molecule has 1 aliphatic heterocycles. The Labute approximate surface area is 113 Å². The third-order valence-electron chi connectivity index (χ3n) is 3.66. The molecule has 1 fully saturated rings. The smallest absolute Gasteiger partial charge is 0.131 e. The number of phenolic OH excluding ortho intramolecular Hbond substituents is 1. The Hall–Kier alpha value is -1.46. The zero-order chi connectivity index (χ0) is 13.8. The highest BCUT2D eigenvalue weighted by molar-refractivity contribution is 5.51. The van der Waals surface area contributed by atoms with Crippen LogP contribution in [0.25, 0.3) is 0 Å². The van der Waals surface area contributed by atoms with Crippen molar-refractivity contribution < 1.29 is 19.3 Å². The van der Waals surface area contributed by atoms with Crippen LogP contribution in [0.5, 0.6) is 17.2 Å². The number of hydrogen-bond donors (Lipinski definition) is 2. The second-order valence-electron chi connectivity index (χ2n) is 4.74. The van der Waals surface area contributed by atoms with E-state index in [1.54, 1.807) is 26.4 Å². The van der Waals surface area contributed by atoms with Crippen LogP contribution >= 0.6 is 0 Å². The van der Waals surface area contributed by atoms with Crippen LogP contribution in [0, 0.1) is 5.92 Å². The van der Waals surface area contributed by atoms with E-state index in [2.05, 4.69) is 0 Å². The molecule has 0 saturated carbocycles. The molecule has 3 N–H and O–H groups in total. The van der Waals surface area contributed by atoms with Gasteiger partial charge in [0.2, 0.25) is 0 Å². The summed E-state index contributed by atoms with van der Waals surface area (Å²) < 4.78 is 15.8. The summed E-state index contributed by atoms with van der Waals surface area (Å²) >= 11 is 0. The minimum atomic E-state index is -0.259. The summed E-state index contributed by atoms with van der Waals surface area (Å²) in [5.41, 5.74) is 6.95. The van der Waals surface area contributed by atoms with Gasteiger partial charge in [0.25, 0.3) is 0 Å². The summed E-state index contributed by atoms with van der Waals surface area (Å²) in [5, 5.41) is 10.2. The molecule has 5 heteroatoms. The number of aromatic hydroxyl groups is 1. The maximum atomic E-state index is 10.2. The van der Waals surface area contributed by atoms with Crippen LogP contribution in [-0.2, 0) is 4.74 Å². The lowest BCUT2D eigenvalue weighted by Gasteiger charge is -2.29. The van der Waals surface area contributed by atoms with Crippen LogP contribution in [-0.4, -0.2) is 32.5 Å². The average molecular weight is 267 g/mol. The highest BCUT2D eigenvalue weighted by atomic mass is 16.5. The van der Waals surface area contributed by atoms with Crippen molar-refractivity contribution in [2.75, 3.05) is 27.4 Å². The van der Waals surface area contributed by atoms with E-state index in [1.807, 2.05) is 0 Å². The molecule has 1 atom stereocenters. The Balaban J connectivity index is 2.31. The van der Waals surface area contributed by atoms with E-state index >= 15 is 0 Å². The minimum absolute atomic E-state index is 0.121. The van der Waals surface area contributed by atoms with Gasteiger partial charge in [-0.3, -0.25) is 0 Å². The molecule has 0 bridgehead atoms. The maximum Gasteiger partial charge on any atom is 0.131 e. The number of rotatable bonds is 4. The van der Waals surface area contributed by atoms with Crippen molar-refractivity contribution in [2.45, 2.75) is 18.9 Å². The van der Waals surface area contributed by atoms with Crippen molar-refractivity contribution in [3.63, 3.8) is 0 Å². The van der Waals surface area contributed by atoms with E-state index in [9.17, 15) is 5.11 Å². The quantitative estimate of drug-likeness (QED) is 0.870. The minimum Gasteiger partial charge on any atom is -0.507 e. The molecule has 0 radical (unpaired) electrons. The van der Waals surface area contributed by atoms with E-state index in [4.69, 9.17) is 19.9 Å². The summed E-state index contributed by atoms with van der Waals surface area (Å²) in [7, 11) is 3.11. The predicted octanol–water partition coefficient (Wildman–Crippen LogP) is 1.84. The number of phenols is 1. The highest BCUT2D eigenvalue weighted by Crippen LogP contribution is 2.41. The molecular weight excluding hydrogens is 246 g/mol. The van der Waals surface area contributed by atoms with Crippen molar-refractivity contribution in [1.29, 1.82) is 0 Å². The SMILES string of the molecule is COc1cc(O)c([C@@H](N)C2CCOCC2)c(OC)c1. The first kappa shape index (κ1) is 14.0. The van der Waals surface area contributed by atoms with Gasteiger partial charge < -0.3 is 25.1 Å². The summed E-state index contributed by atoms with van der Waals surface area (Å²) in [6, 6.07) is 3.05. The van der Waals surface area contributed by atoms with Crippen molar-refractivity contribution in [1.82, 2.24) is 0 Å². The molecule has 0 aliphatic carbocycles. The van der Waals surface area contributed by atoms with Crippen LogP contribution in [0.3, 0.4) is 0 Å². The van der Waals surface area contributed by atoms with Gasteiger partial charge in [-0.2, -0.15) is 0 Å². The fraction of sp³-hybridized carbons (Fsp3) is 0.571. The number of ether oxygens (including phenoxy) is 3. The largest absolute Gasteiger partial charge is 0.507 e. The van der Waals surface area contributed by atoms with Crippen LogP contribution in [0.1, 0.15) is 24.4 Å². The molecule has 5 nitrogen and oxygen atoms in total. The lowest BCUT2D eigenvalue weighted by Crippen LogP contribution is -2.27. The van der Waals surface area contributed by atoms with Crippen molar-refractivity contribution in [3.8, 4) is 17.2 Å². The first-order chi connectivity index (χ1) is 9.17. The molecule has 106 valence electrons. The Kier molecular flexibility index (Phi) is 4.50. The third kappa shape index (κ3) is 2.93. The van der Waals surface area contributed by atoms with Gasteiger partial charge in [-0.25, -0.2) is 0 Å². The lowest BCUT2D eigenvalue weighted by atomic mass is 9.87. The molecule has 0 aromatic heterocycles. The van der Waals surface area contributed by atoms with E-state index in [0.29, 0.717) is 23.0 Å². The van der Waals surface area contributed by atoms with Crippen LogP contribution < -0.4 is 15.2 Å². The van der Waals surface area contributed by atoms with Gasteiger partial charge in [0.05, 0.1) is 19.8 Å². The fourth-order valence-corrected chi connectivity index (χ4v) is 2.52. The third-order valence-corrected chi connectivity index (χ3v) is 3.66. The van der Waals surface area contributed by atoms with E-state index < -0.39 is 0 Å². The normalized spacial score (nSPS) is 18.1. The molecular formula is C14H21NO4. The molecule has 1 aromatic carbocycles. The Morgan fingerprint density at radius 3 is 2.53 bits per heavy atom. The molecule has 1 aromatic rings. The topological polar surface area (TPSA) is 73.9 Å². The Morgan fingerprint density at radius 1 is 1.26 bits per heavy atom. The van der Waals surface area contributed by atoms with Gasteiger partial charge in [0.1, 0.15) is 17.2 Å². The zero-order valence-corrected chi connectivity index (χ0v) is 11.4. The standard InChI is InChI=1S/C14H21NO4/c1-17-10-7-11(16)13(12(8-10)18-2)14(15)9-3-5-19-6-4-9/h7-9,14,16H,3-6,15H2,1-2H3/t14-/m0/s1. The maximum absolute atomic E-state index is 10.2. The van der Waals surface area contributed by atoms with Crippen molar-refractivity contribution in [3.05, 3.63) is 17.7 Å². The van der Waals surface area contributed by atoms with Gasteiger partial charge in [-0.1, -0.05) is 0 Å². The fourth-order valence-electron chi connectivity index (χ4n) is 2.52. The van der Waals surface area contributed by atoms with Crippen LogP contribution in [0.4, 0.5) is 0 Å². The number of benzene rings is 1. The Morgan fingerprint density at radius 2 is 1.95 bits per heavy atom. The Bertz CT molecular complexity index is 430. The molecule has 19 heavy (non-hydrogen) atoms. The van der Waals surface area contributed by atoms with E-state index in [-0.39, 0.29) is 11.8 Å². The van der Waals surface area contributed by atoms with E-state index in [0.717, 1.165) is 26.1 Å². The molecule has 1 saturated heterocycles. The summed E-state index contributed by atoms with van der Waals surface area (Å²) in [6.45, 7) is 1.44. The molecule has 1 aliphatic rings. The van der Waals surface area contributed by atoms with Gasteiger partial charge in [-0.15, -0.1) is 0 Å². The first-order valence-corrected chi connectivity index (χ1v) is 6.45. The average Bonchev–Trinajstić information content (AvgIpc) is 2.46. The van der Waals surface area contributed by atoms with E-state index in [1.165, 1.54) is 0 Å². The van der Waals surface area contributed by atoms with Crippen LogP contribution in [0.15, 0.2) is 12.1 Å². The van der Waals surface area contributed by atoms with Crippen molar-refractivity contribution >= 4 is 0 Å². The highest BCUT2D eigenvalue weighted by Gasteiger charge is 2.27. The van der Waals surface area contributed by atoms with Gasteiger partial charge in [0.15, 0.2) is 0 Å². The van der Waals surface area contributed by atoms with Crippen LogP contribution in [0.2, 0.25) is 0 Å². The molecule has 0 spiro atoms. The summed E-state index contributed by atoms with van der Waals surface area (Å²) in [4.78, 5) is 0. The predicted molar refractivity (Wildman–Crippen MR) is 71.7 cm³/mol. The summed E-state index contributed by atoms with van der Waals surface area (Å²) in [6.07, 6.45) is 1.80. The number of nitrogens with two attached hydrogens (primary N) is 1. The summed E-state index contributed by atoms with van der Waals surface area (Å²) in [5.74, 6) is 1.53.